The van der Waals surface area contributed by atoms with E-state index in [1.165, 1.54) is 0 Å². The quantitative estimate of drug-likeness (QED) is 0.781. The van der Waals surface area contributed by atoms with Crippen molar-refractivity contribution in [2.24, 2.45) is 11.7 Å². The van der Waals surface area contributed by atoms with Crippen molar-refractivity contribution in [1.82, 2.24) is 5.32 Å². The van der Waals surface area contributed by atoms with Gasteiger partial charge in [0.05, 0.1) is 16.9 Å². The van der Waals surface area contributed by atoms with Gasteiger partial charge in [-0.05, 0) is 24.8 Å². The second-order valence-electron chi connectivity index (χ2n) is 3.99. The molecule has 1 heterocycles. The fourth-order valence-corrected chi connectivity index (χ4v) is 2.57. The lowest BCUT2D eigenvalue weighted by molar-refractivity contribution is -0.123. The number of carbonyl (C=O) groups excluding carboxylic acids is 1. The van der Waals surface area contributed by atoms with Crippen LogP contribution in [0.15, 0.2) is 17.5 Å². The lowest BCUT2D eigenvalue weighted by Crippen LogP contribution is -2.38. The zero-order valence-corrected chi connectivity index (χ0v) is 11.7. The van der Waals surface area contributed by atoms with Gasteiger partial charge in [0.25, 0.3) is 0 Å². The van der Waals surface area contributed by atoms with Crippen LogP contribution >= 0.6 is 23.6 Å². The lowest BCUT2D eigenvalue weighted by Gasteiger charge is -2.18. The minimum atomic E-state index is -0.350. The lowest BCUT2D eigenvalue weighted by atomic mass is 10.0. The van der Waals surface area contributed by atoms with Crippen LogP contribution in [-0.4, -0.2) is 10.9 Å². The summed E-state index contributed by atoms with van der Waals surface area (Å²) in [5, 5.41) is 4.95. The number of hydrogen-bond donors (Lipinski definition) is 2. The normalized spacial score (nSPS) is 14.0. The summed E-state index contributed by atoms with van der Waals surface area (Å²) in [4.78, 5) is 13.4. The third-order valence-corrected chi connectivity index (χ3v) is 3.91. The molecule has 1 aromatic rings. The molecule has 0 fully saturated rings. The number of thiophene rings is 1. The first kappa shape index (κ1) is 14.1. The van der Waals surface area contributed by atoms with Crippen LogP contribution in [0, 0.1) is 5.92 Å². The maximum Gasteiger partial charge on any atom is 0.230 e. The molecule has 1 aromatic heterocycles. The molecule has 2 unspecified atom stereocenters. The van der Waals surface area contributed by atoms with Crippen LogP contribution in [-0.2, 0) is 4.79 Å². The second-order valence-corrected chi connectivity index (χ2v) is 5.44. The molecule has 0 radical (unpaired) electrons. The van der Waals surface area contributed by atoms with Gasteiger partial charge in [-0.15, -0.1) is 11.3 Å². The fraction of sp³-hybridized carbons (Fsp3) is 0.500. The van der Waals surface area contributed by atoms with Gasteiger partial charge in [-0.2, -0.15) is 0 Å². The average Bonchev–Trinajstić information content (AvgIpc) is 2.78. The second kappa shape index (κ2) is 6.71. The van der Waals surface area contributed by atoms with Gasteiger partial charge in [-0.1, -0.05) is 31.6 Å². The Balaban J connectivity index is 2.60. The summed E-state index contributed by atoms with van der Waals surface area (Å²) < 4.78 is 0. The van der Waals surface area contributed by atoms with Crippen LogP contribution in [0.3, 0.4) is 0 Å². The van der Waals surface area contributed by atoms with Crippen molar-refractivity contribution in [3.05, 3.63) is 22.4 Å². The Kier molecular flexibility index (Phi) is 5.58. The summed E-state index contributed by atoms with van der Waals surface area (Å²) in [7, 11) is 0. The van der Waals surface area contributed by atoms with Crippen molar-refractivity contribution in [2.45, 2.75) is 32.7 Å². The molecule has 1 rings (SSSR count). The highest BCUT2D eigenvalue weighted by atomic mass is 32.1. The monoisotopic (exact) mass is 270 g/mol. The number of carbonyl (C=O) groups is 1. The highest BCUT2D eigenvalue weighted by Gasteiger charge is 2.22. The molecule has 0 saturated heterocycles. The highest BCUT2D eigenvalue weighted by molar-refractivity contribution is 7.80. The molecular formula is C12H18N2OS2. The minimum absolute atomic E-state index is 0.0104. The van der Waals surface area contributed by atoms with Crippen LogP contribution < -0.4 is 11.1 Å². The molecule has 0 spiro atoms. The topological polar surface area (TPSA) is 55.1 Å². The molecule has 1 amide bonds. The van der Waals surface area contributed by atoms with E-state index < -0.39 is 0 Å². The summed E-state index contributed by atoms with van der Waals surface area (Å²) in [6, 6.07) is 3.99. The van der Waals surface area contributed by atoms with Crippen LogP contribution in [0.2, 0.25) is 0 Å². The molecule has 2 atom stereocenters. The SMILES string of the molecule is CCCC(C(=O)NC(C)c1cccs1)C(N)=S. The molecule has 0 aliphatic rings. The van der Waals surface area contributed by atoms with Gasteiger partial charge < -0.3 is 11.1 Å². The van der Waals surface area contributed by atoms with E-state index in [1.54, 1.807) is 11.3 Å². The number of nitrogens with one attached hydrogen (secondary N) is 1. The summed E-state index contributed by atoms with van der Waals surface area (Å²) in [5.41, 5.74) is 5.59. The third kappa shape index (κ3) is 4.09. The van der Waals surface area contributed by atoms with Gasteiger partial charge >= 0.3 is 0 Å². The van der Waals surface area contributed by atoms with Gasteiger partial charge in [-0.25, -0.2) is 0 Å². The van der Waals surface area contributed by atoms with Gasteiger partial charge in [-0.3, -0.25) is 4.79 Å². The average molecular weight is 270 g/mol. The van der Waals surface area contributed by atoms with E-state index in [0.29, 0.717) is 6.42 Å². The number of amides is 1. The van der Waals surface area contributed by atoms with Crippen molar-refractivity contribution in [1.29, 1.82) is 0 Å². The van der Waals surface area contributed by atoms with Crippen molar-refractivity contribution >= 4 is 34.5 Å². The van der Waals surface area contributed by atoms with E-state index in [4.69, 9.17) is 18.0 Å². The van der Waals surface area contributed by atoms with Crippen molar-refractivity contribution in [3.8, 4) is 0 Å². The molecule has 0 aliphatic heterocycles. The van der Waals surface area contributed by atoms with Crippen LogP contribution in [0.1, 0.15) is 37.6 Å². The number of thiocarbonyl (C=S) groups is 1. The summed E-state index contributed by atoms with van der Waals surface area (Å²) in [5.74, 6) is -0.419. The molecule has 0 aromatic carbocycles. The largest absolute Gasteiger partial charge is 0.393 e. The molecule has 3 N–H and O–H groups in total. The van der Waals surface area contributed by atoms with E-state index >= 15 is 0 Å². The van der Waals surface area contributed by atoms with Gasteiger partial charge in [0.1, 0.15) is 0 Å². The Bertz CT molecular complexity index is 376. The van der Waals surface area contributed by atoms with Crippen LogP contribution in [0.4, 0.5) is 0 Å². The van der Waals surface area contributed by atoms with Gasteiger partial charge in [0.15, 0.2) is 0 Å². The Morgan fingerprint density at radius 3 is 2.82 bits per heavy atom. The zero-order valence-electron chi connectivity index (χ0n) is 10.1. The summed E-state index contributed by atoms with van der Waals surface area (Å²) >= 11 is 6.56. The minimum Gasteiger partial charge on any atom is -0.393 e. The smallest absolute Gasteiger partial charge is 0.230 e. The maximum absolute atomic E-state index is 12.0. The molecule has 5 heteroatoms. The standard InChI is InChI=1S/C12H18N2OS2/c1-3-5-9(11(13)16)12(15)14-8(2)10-6-4-7-17-10/h4,6-9H,3,5H2,1-2H3,(H2,13,16)(H,14,15). The van der Waals surface area contributed by atoms with E-state index in [9.17, 15) is 4.79 Å². The Morgan fingerprint density at radius 2 is 2.35 bits per heavy atom. The van der Waals surface area contributed by atoms with E-state index in [2.05, 4.69) is 5.32 Å². The number of nitrogens with two attached hydrogens (primary N) is 1. The number of rotatable bonds is 6. The first-order chi connectivity index (χ1) is 8.06. The van der Waals surface area contributed by atoms with Crippen molar-refractivity contribution in [3.63, 3.8) is 0 Å². The fourth-order valence-electron chi connectivity index (χ4n) is 1.61. The van der Waals surface area contributed by atoms with E-state index in [0.717, 1.165) is 11.3 Å². The molecule has 0 aliphatic carbocycles. The molecule has 0 saturated carbocycles. The molecule has 17 heavy (non-hydrogen) atoms. The summed E-state index contributed by atoms with van der Waals surface area (Å²) in [6.45, 7) is 3.98. The predicted molar refractivity (Wildman–Crippen MR) is 76.1 cm³/mol. The van der Waals surface area contributed by atoms with Crippen molar-refractivity contribution < 1.29 is 4.79 Å². The maximum atomic E-state index is 12.0. The first-order valence-corrected chi connectivity index (χ1v) is 6.98. The Morgan fingerprint density at radius 1 is 1.65 bits per heavy atom. The zero-order chi connectivity index (χ0) is 12.8. The summed E-state index contributed by atoms with van der Waals surface area (Å²) in [6.07, 6.45) is 1.60. The van der Waals surface area contributed by atoms with Crippen LogP contribution in [0.5, 0.6) is 0 Å². The van der Waals surface area contributed by atoms with Gasteiger partial charge in [0, 0.05) is 4.88 Å². The molecule has 3 nitrogen and oxygen atoms in total. The molecular weight excluding hydrogens is 252 g/mol. The molecule has 0 bridgehead atoms. The Labute approximate surface area is 111 Å². The van der Waals surface area contributed by atoms with E-state index in [1.807, 2.05) is 31.4 Å². The van der Waals surface area contributed by atoms with Gasteiger partial charge in [0.2, 0.25) is 5.91 Å². The predicted octanol–water partition coefficient (Wildman–Crippen LogP) is 2.63. The molecule has 94 valence electrons. The van der Waals surface area contributed by atoms with Crippen molar-refractivity contribution in [2.75, 3.05) is 0 Å². The first-order valence-electron chi connectivity index (χ1n) is 5.69. The highest BCUT2D eigenvalue weighted by Crippen LogP contribution is 2.19. The van der Waals surface area contributed by atoms with Crippen LogP contribution in [0.25, 0.3) is 0 Å². The number of hydrogen-bond acceptors (Lipinski definition) is 3. The van der Waals surface area contributed by atoms with E-state index in [-0.39, 0.29) is 22.9 Å². The third-order valence-electron chi connectivity index (χ3n) is 2.57. The Hall–Kier alpha value is -0.940.